The number of aromatic amines is 1. The Hall–Kier alpha value is -2.41. The van der Waals surface area contributed by atoms with Crippen LogP contribution in [0.15, 0.2) is 53.5 Å². The first-order valence-corrected chi connectivity index (χ1v) is 11.3. The van der Waals surface area contributed by atoms with Crippen molar-refractivity contribution in [1.82, 2.24) is 4.98 Å². The zero-order valence-electron chi connectivity index (χ0n) is 18.1. The number of hydrogen-bond acceptors (Lipinski definition) is 4. The van der Waals surface area contributed by atoms with E-state index < -0.39 is 0 Å². The molecule has 4 rings (SSSR count). The summed E-state index contributed by atoms with van der Waals surface area (Å²) >= 11 is 6.42. The lowest BCUT2D eigenvalue weighted by Crippen LogP contribution is -2.49. The maximum atomic E-state index is 13.6. The van der Waals surface area contributed by atoms with Crippen LogP contribution in [-0.4, -0.2) is 30.8 Å². The Labute approximate surface area is 191 Å². The van der Waals surface area contributed by atoms with Crippen molar-refractivity contribution >= 4 is 22.4 Å². The first kappa shape index (κ1) is 22.8. The molecule has 1 fully saturated rings. The molecule has 0 aliphatic heterocycles. The fraction of sp³-hybridized carbons (Fsp3) is 0.400. The molecule has 3 N–H and O–H groups in total. The molecule has 1 aliphatic rings. The first-order chi connectivity index (χ1) is 15.4. The number of benzene rings is 2. The maximum Gasteiger partial charge on any atom is 0.255 e. The number of pyridine rings is 1. The van der Waals surface area contributed by atoms with Gasteiger partial charge in [0.15, 0.2) is 0 Å². The number of methoxy groups -OCH3 is 1. The average molecular weight is 459 g/mol. The second kappa shape index (κ2) is 9.61. The van der Waals surface area contributed by atoms with Gasteiger partial charge in [0.25, 0.3) is 5.56 Å². The van der Waals surface area contributed by atoms with E-state index >= 15 is 0 Å². The second-order valence-electron chi connectivity index (χ2n) is 8.54. The zero-order chi connectivity index (χ0) is 22.7. The van der Waals surface area contributed by atoms with E-state index in [2.05, 4.69) is 4.98 Å². The molecule has 2 aromatic carbocycles. The summed E-state index contributed by atoms with van der Waals surface area (Å²) in [4.78, 5) is 14.7. The number of nitrogens with two attached hydrogens (primary N) is 1. The molecule has 1 saturated carbocycles. The Balaban J connectivity index is 1.54. The predicted octanol–water partition coefficient (Wildman–Crippen LogP) is 4.94. The smallest absolute Gasteiger partial charge is 0.255 e. The lowest BCUT2D eigenvalue weighted by molar-refractivity contribution is 0.0942. The number of rotatable bonds is 7. The molecule has 0 amide bonds. The number of fused-ring (bicyclic) bond motifs is 1. The van der Waals surface area contributed by atoms with E-state index in [0.717, 1.165) is 43.1 Å². The second-order valence-corrected chi connectivity index (χ2v) is 8.95. The van der Waals surface area contributed by atoms with E-state index in [-0.39, 0.29) is 28.9 Å². The van der Waals surface area contributed by atoms with Crippen molar-refractivity contribution in [2.45, 2.75) is 49.7 Å². The van der Waals surface area contributed by atoms with Crippen LogP contribution in [-0.2, 0) is 10.2 Å². The van der Waals surface area contributed by atoms with Gasteiger partial charge in [0, 0.05) is 36.8 Å². The van der Waals surface area contributed by atoms with Gasteiger partial charge < -0.3 is 20.2 Å². The van der Waals surface area contributed by atoms with Gasteiger partial charge in [-0.3, -0.25) is 4.79 Å². The summed E-state index contributed by atoms with van der Waals surface area (Å²) in [5.41, 5.74) is 7.29. The van der Waals surface area contributed by atoms with Crippen molar-refractivity contribution in [2.24, 2.45) is 5.73 Å². The highest BCUT2D eigenvalue weighted by Crippen LogP contribution is 2.44. The average Bonchev–Trinajstić information content (AvgIpc) is 2.80. The van der Waals surface area contributed by atoms with E-state index in [4.69, 9.17) is 26.8 Å². The summed E-state index contributed by atoms with van der Waals surface area (Å²) < 4.78 is 25.1. The van der Waals surface area contributed by atoms with E-state index in [1.807, 2.05) is 24.3 Å². The van der Waals surface area contributed by atoms with Gasteiger partial charge in [-0.2, -0.15) is 0 Å². The number of ether oxygens (including phenoxy) is 2. The molecule has 7 heteroatoms. The van der Waals surface area contributed by atoms with Crippen LogP contribution in [0.4, 0.5) is 4.39 Å². The van der Waals surface area contributed by atoms with Gasteiger partial charge in [-0.25, -0.2) is 4.39 Å². The largest absolute Gasteiger partial charge is 0.489 e. The highest BCUT2D eigenvalue weighted by Gasteiger charge is 2.42. The van der Waals surface area contributed by atoms with E-state index in [0.29, 0.717) is 22.8 Å². The minimum atomic E-state index is -0.257. The third-order valence-electron chi connectivity index (χ3n) is 6.71. The van der Waals surface area contributed by atoms with E-state index in [1.54, 1.807) is 19.4 Å². The highest BCUT2D eigenvalue weighted by molar-refractivity contribution is 6.32. The third kappa shape index (κ3) is 4.53. The molecule has 1 aliphatic carbocycles. The number of H-pyrrole nitrogens is 1. The lowest BCUT2D eigenvalue weighted by Gasteiger charge is -2.44. The fourth-order valence-electron chi connectivity index (χ4n) is 4.86. The molecular formula is C25H28ClFN2O3. The molecule has 1 aromatic heterocycles. The summed E-state index contributed by atoms with van der Waals surface area (Å²) in [7, 11) is 1.67. The van der Waals surface area contributed by atoms with Crippen molar-refractivity contribution in [1.29, 1.82) is 0 Å². The van der Waals surface area contributed by atoms with Crippen LogP contribution >= 0.6 is 11.6 Å². The first-order valence-electron chi connectivity index (χ1n) is 10.9. The molecular weight excluding hydrogens is 431 g/mol. The quantitative estimate of drug-likeness (QED) is 0.525. The summed E-state index contributed by atoms with van der Waals surface area (Å²) in [6.45, 7) is 0.579. The predicted molar refractivity (Wildman–Crippen MR) is 125 cm³/mol. The summed E-state index contributed by atoms with van der Waals surface area (Å²) in [6, 6.07) is 11.9. The third-order valence-corrected chi connectivity index (χ3v) is 7.00. The SMILES string of the molecule is COCC[C@@H](N)C1(c2ccc(F)cc2)CCC(Oc2cc3cc[nH]c(=O)c3cc2Cl)CC1. The van der Waals surface area contributed by atoms with Gasteiger partial charge >= 0.3 is 0 Å². The Morgan fingerprint density at radius 3 is 2.62 bits per heavy atom. The van der Waals surface area contributed by atoms with Crippen LogP contribution < -0.4 is 16.0 Å². The molecule has 0 saturated heterocycles. The zero-order valence-corrected chi connectivity index (χ0v) is 18.8. The van der Waals surface area contributed by atoms with Crippen molar-refractivity contribution in [3.05, 3.63) is 75.4 Å². The van der Waals surface area contributed by atoms with Gasteiger partial charge in [-0.1, -0.05) is 23.7 Å². The van der Waals surface area contributed by atoms with Crippen molar-refractivity contribution in [3.63, 3.8) is 0 Å². The van der Waals surface area contributed by atoms with Gasteiger partial charge in [0.05, 0.1) is 11.1 Å². The van der Waals surface area contributed by atoms with E-state index in [9.17, 15) is 9.18 Å². The Bertz CT molecular complexity index is 1120. The Kier molecular flexibility index (Phi) is 6.84. The van der Waals surface area contributed by atoms with Crippen LogP contribution in [0.1, 0.15) is 37.7 Å². The molecule has 3 aromatic rings. The van der Waals surface area contributed by atoms with Gasteiger partial charge in [-0.05, 0) is 73.4 Å². The molecule has 32 heavy (non-hydrogen) atoms. The minimum Gasteiger partial charge on any atom is -0.489 e. The number of nitrogens with one attached hydrogen (secondary N) is 1. The Morgan fingerprint density at radius 1 is 1.22 bits per heavy atom. The monoisotopic (exact) mass is 458 g/mol. The van der Waals surface area contributed by atoms with Crippen LogP contribution in [0, 0.1) is 5.82 Å². The van der Waals surface area contributed by atoms with Crippen LogP contribution in [0.2, 0.25) is 5.02 Å². The summed E-state index contributed by atoms with van der Waals surface area (Å²) in [6.07, 6.45) is 5.54. The van der Waals surface area contributed by atoms with Crippen molar-refractivity contribution < 1.29 is 13.9 Å². The van der Waals surface area contributed by atoms with Gasteiger partial charge in [0.1, 0.15) is 11.6 Å². The fourth-order valence-corrected chi connectivity index (χ4v) is 5.07. The Morgan fingerprint density at radius 2 is 1.94 bits per heavy atom. The van der Waals surface area contributed by atoms with E-state index in [1.165, 1.54) is 12.1 Å². The topological polar surface area (TPSA) is 77.3 Å². The minimum absolute atomic E-state index is 0.0184. The van der Waals surface area contributed by atoms with Crippen molar-refractivity contribution in [3.8, 4) is 5.75 Å². The molecule has 1 atom stereocenters. The molecule has 5 nitrogen and oxygen atoms in total. The highest BCUT2D eigenvalue weighted by atomic mass is 35.5. The normalized spacial score (nSPS) is 22.1. The molecule has 0 bridgehead atoms. The molecule has 170 valence electrons. The van der Waals surface area contributed by atoms with Gasteiger partial charge in [0.2, 0.25) is 0 Å². The van der Waals surface area contributed by atoms with Crippen molar-refractivity contribution in [2.75, 3.05) is 13.7 Å². The molecule has 1 heterocycles. The summed E-state index contributed by atoms with van der Waals surface area (Å²) in [5.74, 6) is 0.323. The van der Waals surface area contributed by atoms with Crippen LogP contribution in [0.3, 0.4) is 0 Å². The molecule has 0 radical (unpaired) electrons. The molecule has 0 spiro atoms. The maximum absolute atomic E-state index is 13.6. The number of hydrogen-bond donors (Lipinski definition) is 2. The lowest BCUT2D eigenvalue weighted by atomic mass is 9.64. The number of aromatic nitrogens is 1. The van der Waals surface area contributed by atoms with Gasteiger partial charge in [-0.15, -0.1) is 0 Å². The van der Waals surface area contributed by atoms with Crippen LogP contribution in [0.25, 0.3) is 10.8 Å². The standard InChI is InChI=1S/C25H28ClFN2O3/c1-31-13-9-23(28)25(17-2-4-18(27)5-3-17)10-6-19(7-11-25)32-22-14-16-8-12-29-24(30)20(16)15-21(22)26/h2-5,8,12,14-15,19,23H,6-7,9-11,13,28H2,1H3,(H,29,30)/t19?,23-,25?/m1/s1. The van der Waals surface area contributed by atoms with Crippen LogP contribution in [0.5, 0.6) is 5.75 Å². The molecule has 0 unspecified atom stereocenters. The number of halogens is 2. The summed E-state index contributed by atoms with van der Waals surface area (Å²) in [5, 5.41) is 1.74.